The van der Waals surface area contributed by atoms with Crippen LogP contribution in [-0.2, 0) is 4.79 Å². The molecule has 67 heavy (non-hydrogen) atoms. The summed E-state index contributed by atoms with van der Waals surface area (Å²) in [5, 5.41) is 23.3. The van der Waals surface area contributed by atoms with Gasteiger partial charge in [0.2, 0.25) is 5.91 Å². The van der Waals surface area contributed by atoms with E-state index in [4.69, 9.17) is 0 Å². The van der Waals surface area contributed by atoms with Gasteiger partial charge in [-0.3, -0.25) is 4.79 Å². The van der Waals surface area contributed by atoms with Crippen LogP contribution in [0, 0.1) is 0 Å². The fourth-order valence-corrected chi connectivity index (χ4v) is 9.98. The molecule has 0 aromatic rings. The van der Waals surface area contributed by atoms with Gasteiger partial charge in [-0.1, -0.05) is 327 Å². The minimum atomic E-state index is -0.656. The van der Waals surface area contributed by atoms with E-state index in [0.29, 0.717) is 12.8 Å². The van der Waals surface area contributed by atoms with Crippen molar-refractivity contribution in [1.82, 2.24) is 5.32 Å². The van der Waals surface area contributed by atoms with Gasteiger partial charge < -0.3 is 15.5 Å². The van der Waals surface area contributed by atoms with Crippen molar-refractivity contribution in [3.8, 4) is 0 Å². The summed E-state index contributed by atoms with van der Waals surface area (Å²) in [5.41, 5.74) is 0. The van der Waals surface area contributed by atoms with Crippen molar-refractivity contribution in [2.45, 2.75) is 366 Å². The van der Waals surface area contributed by atoms with Gasteiger partial charge in [0, 0.05) is 6.42 Å². The van der Waals surface area contributed by atoms with E-state index >= 15 is 0 Å². The summed E-state index contributed by atoms with van der Waals surface area (Å²) < 4.78 is 0. The Bertz CT molecular complexity index is 978. The highest BCUT2D eigenvalue weighted by atomic mass is 16.3. The summed E-state index contributed by atoms with van der Waals surface area (Å²) >= 11 is 0. The van der Waals surface area contributed by atoms with Crippen LogP contribution in [0.15, 0.2) is 24.3 Å². The fourth-order valence-electron chi connectivity index (χ4n) is 9.98. The zero-order chi connectivity index (χ0) is 48.5. The molecular formula is C63H123NO3. The molecule has 0 saturated heterocycles. The van der Waals surface area contributed by atoms with Gasteiger partial charge in [-0.2, -0.15) is 0 Å². The topological polar surface area (TPSA) is 69.6 Å². The average molecular weight is 943 g/mol. The zero-order valence-corrected chi connectivity index (χ0v) is 46.0. The molecule has 1 amide bonds. The third-order valence-electron chi connectivity index (χ3n) is 14.7. The molecule has 4 nitrogen and oxygen atoms in total. The molecule has 0 aromatic carbocycles. The van der Waals surface area contributed by atoms with Crippen LogP contribution in [0.25, 0.3) is 0 Å². The van der Waals surface area contributed by atoms with Gasteiger partial charge in [-0.25, -0.2) is 0 Å². The number of aliphatic hydroxyl groups excluding tert-OH is 2. The number of amides is 1. The van der Waals surface area contributed by atoms with E-state index in [1.807, 2.05) is 0 Å². The summed E-state index contributed by atoms with van der Waals surface area (Å²) in [7, 11) is 0. The van der Waals surface area contributed by atoms with Crippen molar-refractivity contribution in [2.24, 2.45) is 0 Å². The molecule has 0 spiro atoms. The smallest absolute Gasteiger partial charge is 0.220 e. The van der Waals surface area contributed by atoms with E-state index < -0.39 is 12.1 Å². The lowest BCUT2D eigenvalue weighted by Crippen LogP contribution is -2.45. The van der Waals surface area contributed by atoms with E-state index in [9.17, 15) is 15.0 Å². The maximum Gasteiger partial charge on any atom is 0.220 e. The minimum absolute atomic E-state index is 0.0235. The first-order chi connectivity index (χ1) is 33.2. The summed E-state index contributed by atoms with van der Waals surface area (Å²) in [4.78, 5) is 12.5. The van der Waals surface area contributed by atoms with Gasteiger partial charge in [0.05, 0.1) is 18.8 Å². The lowest BCUT2D eigenvalue weighted by molar-refractivity contribution is -0.123. The third-order valence-corrected chi connectivity index (χ3v) is 14.7. The normalized spacial score (nSPS) is 12.8. The number of hydrogen-bond acceptors (Lipinski definition) is 3. The Morgan fingerprint density at radius 3 is 0.896 bits per heavy atom. The summed E-state index contributed by atoms with van der Waals surface area (Å²) in [6.07, 6.45) is 79.2. The van der Waals surface area contributed by atoms with Gasteiger partial charge in [0.25, 0.3) is 0 Å². The Labute approximate surface area is 421 Å². The van der Waals surface area contributed by atoms with Gasteiger partial charge in [-0.15, -0.1) is 0 Å². The monoisotopic (exact) mass is 942 g/mol. The van der Waals surface area contributed by atoms with Crippen LogP contribution < -0.4 is 5.32 Å². The number of nitrogens with one attached hydrogen (secondary N) is 1. The van der Waals surface area contributed by atoms with Gasteiger partial charge in [0.1, 0.15) is 0 Å². The standard InChI is InChI=1S/C63H123NO3/c1-3-5-7-9-11-13-15-17-19-21-22-23-24-25-26-27-28-29-30-31-32-33-34-35-36-37-38-39-40-41-42-43-45-47-49-51-53-55-57-59-63(67)64-61(60-65)62(66)58-56-54-52-50-48-46-44-20-18-16-14-12-10-8-6-4-2/h15,17,21-22,61-62,65-66H,3-14,16,18-20,23-60H2,1-2H3,(H,64,67)/b17-15-,22-21-. The van der Waals surface area contributed by atoms with Crippen LogP contribution in [0.1, 0.15) is 354 Å². The first kappa shape index (κ1) is 65.9. The summed E-state index contributed by atoms with van der Waals surface area (Å²) in [6.45, 7) is 4.38. The Kier molecular flexibility index (Phi) is 58.2. The van der Waals surface area contributed by atoms with Crippen LogP contribution in [0.5, 0.6) is 0 Å². The van der Waals surface area contributed by atoms with Crippen molar-refractivity contribution in [1.29, 1.82) is 0 Å². The number of carbonyl (C=O) groups excluding carboxylic acids is 1. The number of carbonyl (C=O) groups is 1. The lowest BCUT2D eigenvalue weighted by Gasteiger charge is -2.22. The molecule has 2 atom stereocenters. The molecule has 2 unspecified atom stereocenters. The van der Waals surface area contributed by atoms with E-state index in [1.165, 1.54) is 295 Å². The molecule has 3 N–H and O–H groups in total. The molecule has 0 aromatic heterocycles. The number of aliphatic hydroxyl groups is 2. The lowest BCUT2D eigenvalue weighted by atomic mass is 10.0. The molecule has 0 bridgehead atoms. The van der Waals surface area contributed by atoms with Gasteiger partial charge in [0.15, 0.2) is 0 Å². The summed E-state index contributed by atoms with van der Waals surface area (Å²) in [5.74, 6) is -0.0235. The zero-order valence-electron chi connectivity index (χ0n) is 46.0. The quantitative estimate of drug-likeness (QED) is 0.0420. The first-order valence-corrected chi connectivity index (χ1v) is 31.0. The van der Waals surface area contributed by atoms with E-state index in [2.05, 4.69) is 43.5 Å². The molecule has 0 heterocycles. The van der Waals surface area contributed by atoms with Crippen LogP contribution in [0.2, 0.25) is 0 Å². The Balaban J connectivity index is 3.35. The number of rotatable bonds is 58. The second kappa shape index (κ2) is 59.2. The molecule has 0 saturated carbocycles. The SMILES string of the molecule is CCCCCCC/C=C\C/C=C\CCCCCCCCCCCCCCCCCCCCCCCCCCCCCC(=O)NC(CO)C(O)CCCCCCCCCCCCCCCCCC. The van der Waals surface area contributed by atoms with Crippen molar-refractivity contribution in [3.63, 3.8) is 0 Å². The van der Waals surface area contributed by atoms with E-state index in [0.717, 1.165) is 32.1 Å². The van der Waals surface area contributed by atoms with Gasteiger partial charge >= 0.3 is 0 Å². The number of allylic oxidation sites excluding steroid dienone is 4. The molecule has 0 fully saturated rings. The maximum absolute atomic E-state index is 12.5. The second-order valence-electron chi connectivity index (χ2n) is 21.5. The number of hydrogen-bond donors (Lipinski definition) is 3. The highest BCUT2D eigenvalue weighted by Crippen LogP contribution is 2.18. The molecule has 0 rings (SSSR count). The summed E-state index contributed by atoms with van der Waals surface area (Å²) in [6, 6.07) is -0.533. The molecule has 398 valence electrons. The van der Waals surface area contributed by atoms with Crippen LogP contribution in [0.3, 0.4) is 0 Å². The van der Waals surface area contributed by atoms with Crippen molar-refractivity contribution >= 4 is 5.91 Å². The fraction of sp³-hybridized carbons (Fsp3) is 0.921. The first-order valence-electron chi connectivity index (χ1n) is 31.0. The predicted octanol–water partition coefficient (Wildman–Crippen LogP) is 20.7. The molecule has 0 aliphatic heterocycles. The minimum Gasteiger partial charge on any atom is -0.394 e. The molecule has 0 aliphatic rings. The van der Waals surface area contributed by atoms with E-state index in [1.54, 1.807) is 0 Å². The predicted molar refractivity (Wildman–Crippen MR) is 299 cm³/mol. The highest BCUT2D eigenvalue weighted by Gasteiger charge is 2.20. The van der Waals surface area contributed by atoms with Crippen molar-refractivity contribution in [3.05, 3.63) is 24.3 Å². The molecule has 4 heteroatoms. The average Bonchev–Trinajstić information content (AvgIpc) is 3.33. The second-order valence-corrected chi connectivity index (χ2v) is 21.5. The third kappa shape index (κ3) is 55.7. The van der Waals surface area contributed by atoms with Crippen molar-refractivity contribution in [2.75, 3.05) is 6.61 Å². The molecular weight excluding hydrogens is 819 g/mol. The van der Waals surface area contributed by atoms with Gasteiger partial charge in [-0.05, 0) is 44.9 Å². The molecule has 0 radical (unpaired) electrons. The van der Waals surface area contributed by atoms with Crippen molar-refractivity contribution < 1.29 is 15.0 Å². The van der Waals surface area contributed by atoms with E-state index in [-0.39, 0.29) is 12.5 Å². The van der Waals surface area contributed by atoms with Crippen LogP contribution in [-0.4, -0.2) is 34.9 Å². The Morgan fingerprint density at radius 2 is 0.612 bits per heavy atom. The van der Waals surface area contributed by atoms with Crippen LogP contribution in [0.4, 0.5) is 0 Å². The largest absolute Gasteiger partial charge is 0.394 e. The molecule has 0 aliphatic carbocycles. The van der Waals surface area contributed by atoms with Crippen LogP contribution >= 0.6 is 0 Å². The Hall–Kier alpha value is -1.13. The maximum atomic E-state index is 12.5. The number of unbranched alkanes of at least 4 members (excludes halogenated alkanes) is 47. The Morgan fingerprint density at radius 1 is 0.358 bits per heavy atom. The highest BCUT2D eigenvalue weighted by molar-refractivity contribution is 5.76.